The van der Waals surface area contributed by atoms with Crippen molar-refractivity contribution in [1.82, 2.24) is 10.4 Å². The Morgan fingerprint density at radius 3 is 2.60 bits per heavy atom. The number of amides is 1. The second-order valence-corrected chi connectivity index (χ2v) is 7.61. The first kappa shape index (κ1) is 21.3. The first-order valence-corrected chi connectivity index (χ1v) is 10.3. The fourth-order valence-electron chi connectivity index (χ4n) is 2.68. The zero-order valence-corrected chi connectivity index (χ0v) is 18.0. The third-order valence-electron chi connectivity index (χ3n) is 4.18. The van der Waals surface area contributed by atoms with Crippen LogP contribution >= 0.6 is 11.3 Å². The summed E-state index contributed by atoms with van der Waals surface area (Å²) in [6, 6.07) is 13.7. The minimum absolute atomic E-state index is 0.346. The predicted molar refractivity (Wildman–Crippen MR) is 119 cm³/mol. The highest BCUT2D eigenvalue weighted by Gasteiger charge is 2.13. The van der Waals surface area contributed by atoms with Gasteiger partial charge >= 0.3 is 0 Å². The summed E-state index contributed by atoms with van der Waals surface area (Å²) in [4.78, 5) is 16.7. The van der Waals surface area contributed by atoms with Crippen LogP contribution in [0.2, 0.25) is 0 Å². The summed E-state index contributed by atoms with van der Waals surface area (Å²) in [5.41, 5.74) is 11.8. The molecular weight excluding hydrogens is 400 g/mol. The lowest BCUT2D eigenvalue weighted by atomic mass is 10.2. The van der Waals surface area contributed by atoms with E-state index in [1.807, 2.05) is 37.3 Å². The fourth-order valence-corrected chi connectivity index (χ4v) is 3.41. The number of ether oxygens (including phenoxy) is 2. The van der Waals surface area contributed by atoms with E-state index in [-0.39, 0.29) is 5.91 Å². The summed E-state index contributed by atoms with van der Waals surface area (Å²) in [5.74, 6) is 0.918. The highest BCUT2D eigenvalue weighted by Crippen LogP contribution is 2.29. The summed E-state index contributed by atoms with van der Waals surface area (Å²) in [6.07, 6.45) is 1.55. The highest BCUT2D eigenvalue weighted by molar-refractivity contribution is 7.17. The van der Waals surface area contributed by atoms with Gasteiger partial charge in [-0.25, -0.2) is 10.4 Å². The zero-order valence-electron chi connectivity index (χ0n) is 17.1. The second kappa shape index (κ2) is 9.89. The first-order chi connectivity index (χ1) is 14.5. The van der Waals surface area contributed by atoms with Crippen LogP contribution in [0, 0.1) is 13.8 Å². The van der Waals surface area contributed by atoms with E-state index in [0.717, 1.165) is 22.5 Å². The molecule has 0 atom stereocenters. The molecule has 1 aromatic heterocycles. The predicted octanol–water partition coefficient (Wildman–Crippen LogP) is 4.08. The van der Waals surface area contributed by atoms with E-state index in [2.05, 4.69) is 34.6 Å². The highest BCUT2D eigenvalue weighted by atomic mass is 32.1. The molecule has 30 heavy (non-hydrogen) atoms. The lowest BCUT2D eigenvalue weighted by Crippen LogP contribution is -2.17. The smallest absolute Gasteiger partial charge is 0.283 e. The number of nitrogens with one attached hydrogen (secondary N) is 1. The molecule has 0 aliphatic heterocycles. The minimum atomic E-state index is -0.346. The molecular formula is C22H24N4O3S. The monoisotopic (exact) mass is 424 g/mol. The van der Waals surface area contributed by atoms with Crippen molar-refractivity contribution in [3.05, 3.63) is 69.7 Å². The van der Waals surface area contributed by atoms with E-state index in [1.165, 1.54) is 5.56 Å². The molecule has 2 aromatic carbocycles. The van der Waals surface area contributed by atoms with Crippen LogP contribution in [0.25, 0.3) is 0 Å². The van der Waals surface area contributed by atoms with Crippen molar-refractivity contribution in [1.29, 1.82) is 0 Å². The molecule has 0 unspecified atom stereocenters. The number of hydrazone groups is 1. The maximum Gasteiger partial charge on any atom is 0.283 e. The molecule has 0 saturated carbocycles. The quantitative estimate of drug-likeness (QED) is 0.419. The van der Waals surface area contributed by atoms with Crippen molar-refractivity contribution >= 4 is 28.6 Å². The van der Waals surface area contributed by atoms with E-state index in [9.17, 15) is 4.79 Å². The summed E-state index contributed by atoms with van der Waals surface area (Å²) >= 11 is 1.13. The average molecular weight is 425 g/mol. The van der Waals surface area contributed by atoms with Gasteiger partial charge in [-0.05, 0) is 50.1 Å². The fraction of sp³-hybridized carbons (Fsp3) is 0.227. The lowest BCUT2D eigenvalue weighted by Gasteiger charge is -2.12. The molecule has 3 N–H and O–H groups in total. The number of carbonyl (C=O) groups excluding carboxylic acids is 1. The first-order valence-electron chi connectivity index (χ1n) is 9.47. The number of rotatable bonds is 8. The third kappa shape index (κ3) is 5.57. The number of hydrogen-bond acceptors (Lipinski definition) is 7. The van der Waals surface area contributed by atoms with Crippen molar-refractivity contribution in [2.75, 3.05) is 12.3 Å². The SMILES string of the molecule is CCOc1cc(/C=N\NC(=O)c2sc(N)nc2C)ccc1OCc1ccc(C)cc1. The number of nitrogen functional groups attached to an aromatic ring is 1. The molecule has 0 aliphatic rings. The van der Waals surface area contributed by atoms with Crippen molar-refractivity contribution in [2.24, 2.45) is 5.10 Å². The van der Waals surface area contributed by atoms with Crippen LogP contribution in [0.5, 0.6) is 11.5 Å². The van der Waals surface area contributed by atoms with Gasteiger partial charge in [0.05, 0.1) is 18.5 Å². The Hall–Kier alpha value is -3.39. The molecule has 1 amide bonds. The number of anilines is 1. The van der Waals surface area contributed by atoms with E-state index in [0.29, 0.717) is 40.4 Å². The summed E-state index contributed by atoms with van der Waals surface area (Å²) in [5, 5.41) is 4.37. The van der Waals surface area contributed by atoms with Crippen molar-refractivity contribution < 1.29 is 14.3 Å². The molecule has 0 saturated heterocycles. The molecule has 0 fully saturated rings. The standard InChI is InChI=1S/C22H24N4O3S/c1-4-28-19-11-17(12-24-26-21(27)20-15(3)25-22(23)30-20)9-10-18(19)29-13-16-7-5-14(2)6-8-16/h5-12H,4,13H2,1-3H3,(H2,23,25)(H,26,27)/b24-12-. The van der Waals surface area contributed by atoms with Gasteiger partial charge in [-0.3, -0.25) is 4.79 Å². The molecule has 3 rings (SSSR count). The lowest BCUT2D eigenvalue weighted by molar-refractivity contribution is 0.0958. The van der Waals surface area contributed by atoms with Crippen LogP contribution in [0.4, 0.5) is 5.13 Å². The normalized spacial score (nSPS) is 10.9. The van der Waals surface area contributed by atoms with Crippen LogP contribution in [0.15, 0.2) is 47.6 Å². The third-order valence-corrected chi connectivity index (χ3v) is 5.17. The Morgan fingerprint density at radius 1 is 1.17 bits per heavy atom. The van der Waals surface area contributed by atoms with Gasteiger partial charge in [0, 0.05) is 0 Å². The number of carbonyl (C=O) groups is 1. The maximum atomic E-state index is 12.2. The molecule has 8 heteroatoms. The number of nitrogens with zero attached hydrogens (tertiary/aromatic N) is 2. The molecule has 0 radical (unpaired) electrons. The summed E-state index contributed by atoms with van der Waals surface area (Å²) < 4.78 is 11.6. The summed E-state index contributed by atoms with van der Waals surface area (Å²) in [7, 11) is 0. The molecule has 0 bridgehead atoms. The number of aromatic nitrogens is 1. The maximum absolute atomic E-state index is 12.2. The van der Waals surface area contributed by atoms with Crippen LogP contribution in [0.3, 0.4) is 0 Å². The van der Waals surface area contributed by atoms with E-state index in [4.69, 9.17) is 15.2 Å². The molecule has 7 nitrogen and oxygen atoms in total. The van der Waals surface area contributed by atoms with E-state index >= 15 is 0 Å². The van der Waals surface area contributed by atoms with E-state index in [1.54, 1.807) is 13.1 Å². The Morgan fingerprint density at radius 2 is 1.93 bits per heavy atom. The van der Waals surface area contributed by atoms with Crippen molar-refractivity contribution in [2.45, 2.75) is 27.4 Å². The van der Waals surface area contributed by atoms with Crippen LogP contribution in [-0.4, -0.2) is 23.7 Å². The van der Waals surface area contributed by atoms with E-state index < -0.39 is 0 Å². The number of benzene rings is 2. The molecule has 0 aliphatic carbocycles. The molecule has 156 valence electrons. The van der Waals surface area contributed by atoms with Gasteiger partial charge in [0.25, 0.3) is 5.91 Å². The van der Waals surface area contributed by atoms with Gasteiger partial charge in [0.2, 0.25) is 0 Å². The van der Waals surface area contributed by atoms with Gasteiger partial charge < -0.3 is 15.2 Å². The Labute approximate surface area is 179 Å². The Kier molecular flexibility index (Phi) is 7.03. The summed E-state index contributed by atoms with van der Waals surface area (Å²) in [6.45, 7) is 6.64. The topological polar surface area (TPSA) is 98.8 Å². The second-order valence-electron chi connectivity index (χ2n) is 6.58. The van der Waals surface area contributed by atoms with Crippen molar-refractivity contribution in [3.8, 4) is 11.5 Å². The Balaban J connectivity index is 1.66. The minimum Gasteiger partial charge on any atom is -0.490 e. The molecule has 3 aromatic rings. The van der Waals surface area contributed by atoms with Crippen LogP contribution in [0.1, 0.15) is 39.0 Å². The van der Waals surface area contributed by atoms with Gasteiger partial charge in [0.15, 0.2) is 16.6 Å². The van der Waals surface area contributed by atoms with Gasteiger partial charge in [-0.15, -0.1) is 0 Å². The van der Waals surface area contributed by atoms with Crippen LogP contribution < -0.4 is 20.6 Å². The zero-order chi connectivity index (χ0) is 21.5. The van der Waals surface area contributed by atoms with Crippen LogP contribution in [-0.2, 0) is 6.61 Å². The average Bonchev–Trinajstić information content (AvgIpc) is 3.07. The number of thiazole rings is 1. The number of nitrogens with two attached hydrogens (primary N) is 1. The number of hydrogen-bond donors (Lipinski definition) is 2. The molecule has 0 spiro atoms. The largest absolute Gasteiger partial charge is 0.490 e. The van der Waals surface area contributed by atoms with Crippen molar-refractivity contribution in [3.63, 3.8) is 0 Å². The molecule has 1 heterocycles. The van der Waals surface area contributed by atoms with Gasteiger partial charge in [-0.1, -0.05) is 41.2 Å². The van der Waals surface area contributed by atoms with Gasteiger partial charge in [-0.2, -0.15) is 5.10 Å². The van der Waals surface area contributed by atoms with Gasteiger partial charge in [0.1, 0.15) is 11.5 Å². The number of aryl methyl sites for hydroxylation is 2. The Bertz CT molecular complexity index is 1050.